The molecule has 0 aliphatic carbocycles. The van der Waals surface area contributed by atoms with Crippen LogP contribution in [0.5, 0.6) is 0 Å². The van der Waals surface area contributed by atoms with Crippen LogP contribution in [0.15, 0.2) is 41.8 Å². The molecule has 0 spiro atoms. The molecule has 0 radical (unpaired) electrons. The number of H-pyrrole nitrogens is 1. The second-order valence-electron chi connectivity index (χ2n) is 5.24. The number of hydrogen-bond donors (Lipinski definition) is 2. The molecule has 0 fully saturated rings. The highest BCUT2D eigenvalue weighted by atomic mass is 16.2. The molecular formula is C16H20N4O. The van der Waals surface area contributed by atoms with Crippen LogP contribution in [0.3, 0.4) is 0 Å². The molecule has 1 aromatic heterocycles. The molecule has 3 heterocycles. The average Bonchev–Trinajstić information content (AvgIpc) is 3.17. The lowest BCUT2D eigenvalue weighted by atomic mass is 9.86. The molecule has 0 saturated heterocycles. The first kappa shape index (κ1) is 13.7. The van der Waals surface area contributed by atoms with Gasteiger partial charge in [0.05, 0.1) is 0 Å². The van der Waals surface area contributed by atoms with Crippen molar-refractivity contribution >= 4 is 11.7 Å². The van der Waals surface area contributed by atoms with Crippen molar-refractivity contribution < 1.29 is 4.79 Å². The number of amidine groups is 1. The van der Waals surface area contributed by atoms with Gasteiger partial charge in [0.25, 0.3) is 5.91 Å². The topological polar surface area (TPSA) is 60.5 Å². The molecule has 1 amide bonds. The summed E-state index contributed by atoms with van der Waals surface area (Å²) in [5, 5.41) is 3.16. The first-order valence-corrected chi connectivity index (χ1v) is 7.39. The van der Waals surface area contributed by atoms with E-state index in [4.69, 9.17) is 0 Å². The number of carbonyl (C=O) groups excluding carboxylic acids is 1. The summed E-state index contributed by atoms with van der Waals surface area (Å²) < 4.78 is 0. The summed E-state index contributed by atoms with van der Waals surface area (Å²) in [6.07, 6.45) is 9.89. The van der Waals surface area contributed by atoms with E-state index in [1.165, 1.54) is 0 Å². The lowest BCUT2D eigenvalue weighted by Gasteiger charge is -2.21. The summed E-state index contributed by atoms with van der Waals surface area (Å²) in [6.45, 7) is 5.43. The lowest BCUT2D eigenvalue weighted by Crippen LogP contribution is -2.30. The van der Waals surface area contributed by atoms with E-state index in [1.54, 1.807) is 0 Å². The first-order valence-electron chi connectivity index (χ1n) is 7.39. The molecule has 5 nitrogen and oxygen atoms in total. The van der Waals surface area contributed by atoms with Crippen LogP contribution < -0.4 is 5.32 Å². The van der Waals surface area contributed by atoms with E-state index in [1.807, 2.05) is 43.4 Å². The van der Waals surface area contributed by atoms with Crippen LogP contribution in [0.25, 0.3) is 0 Å². The number of rotatable bonds is 4. The van der Waals surface area contributed by atoms with Crippen LogP contribution in [-0.2, 0) is 0 Å². The molecule has 2 N–H and O–H groups in total. The molecule has 3 rings (SSSR count). The van der Waals surface area contributed by atoms with Gasteiger partial charge in [0.1, 0.15) is 11.5 Å². The minimum atomic E-state index is 0.0556. The van der Waals surface area contributed by atoms with Crippen LogP contribution in [-0.4, -0.2) is 34.7 Å². The van der Waals surface area contributed by atoms with Gasteiger partial charge in [-0.2, -0.15) is 0 Å². The van der Waals surface area contributed by atoms with Gasteiger partial charge in [0.15, 0.2) is 0 Å². The summed E-state index contributed by atoms with van der Waals surface area (Å²) >= 11 is 0. The maximum Gasteiger partial charge on any atom is 0.270 e. The first-order chi connectivity index (χ1) is 10.2. The van der Waals surface area contributed by atoms with Crippen LogP contribution in [0.4, 0.5) is 0 Å². The van der Waals surface area contributed by atoms with E-state index in [2.05, 4.69) is 27.4 Å². The van der Waals surface area contributed by atoms with Crippen molar-refractivity contribution in [3.05, 3.63) is 48.1 Å². The fourth-order valence-electron chi connectivity index (χ4n) is 2.90. The van der Waals surface area contributed by atoms with Crippen molar-refractivity contribution in [2.45, 2.75) is 19.8 Å². The van der Waals surface area contributed by atoms with Gasteiger partial charge in [-0.25, -0.2) is 4.99 Å². The molecule has 2 unspecified atom stereocenters. The summed E-state index contributed by atoms with van der Waals surface area (Å²) in [6, 6.07) is 1.96. The Morgan fingerprint density at radius 2 is 2.10 bits per heavy atom. The Balaban J connectivity index is 1.82. The largest absolute Gasteiger partial charge is 0.357 e. The third kappa shape index (κ3) is 2.39. The third-order valence-electron chi connectivity index (χ3n) is 4.12. The Hall–Kier alpha value is -2.30. The quantitative estimate of drug-likeness (QED) is 0.890. The number of aliphatic imine (C=N–C) groups is 1. The molecule has 110 valence electrons. The van der Waals surface area contributed by atoms with Crippen molar-refractivity contribution in [1.29, 1.82) is 0 Å². The van der Waals surface area contributed by atoms with Crippen LogP contribution in [0, 0.1) is 5.92 Å². The summed E-state index contributed by atoms with van der Waals surface area (Å²) in [5.41, 5.74) is 1.77. The zero-order valence-corrected chi connectivity index (χ0v) is 12.3. The van der Waals surface area contributed by atoms with E-state index in [0.717, 1.165) is 24.5 Å². The highest BCUT2D eigenvalue weighted by Gasteiger charge is 2.29. The van der Waals surface area contributed by atoms with E-state index in [-0.39, 0.29) is 17.7 Å². The molecule has 0 bridgehead atoms. The fourth-order valence-corrected chi connectivity index (χ4v) is 2.90. The van der Waals surface area contributed by atoms with Crippen molar-refractivity contribution in [3.8, 4) is 0 Å². The van der Waals surface area contributed by atoms with E-state index in [0.29, 0.717) is 5.69 Å². The molecule has 2 aliphatic rings. The number of fused-ring (bicyclic) bond motifs is 1. The Morgan fingerprint density at radius 1 is 1.29 bits per heavy atom. The number of carbonyl (C=O) groups is 1. The molecule has 5 heteroatoms. The van der Waals surface area contributed by atoms with Gasteiger partial charge in [-0.05, 0) is 31.7 Å². The summed E-state index contributed by atoms with van der Waals surface area (Å²) in [4.78, 5) is 21.6. The second-order valence-corrected chi connectivity index (χ2v) is 5.24. The van der Waals surface area contributed by atoms with E-state index in [9.17, 15) is 4.79 Å². The maximum atomic E-state index is 12.4. The number of aromatic nitrogens is 1. The predicted molar refractivity (Wildman–Crippen MR) is 83.1 cm³/mol. The standard InChI is InChI=1S/C16H20N4O/c1-3-20(4-2)16(21)14-9-11(10-19-14)12-5-7-17-15-13(12)6-8-18-15/h5-10,12-13,19H,3-4H2,1-2H3,(H,17,18). The molecular weight excluding hydrogens is 264 g/mol. The number of allylic oxidation sites excluding steroid dienone is 1. The predicted octanol–water partition coefficient (Wildman–Crippen LogP) is 2.24. The third-order valence-corrected chi connectivity index (χ3v) is 4.12. The van der Waals surface area contributed by atoms with Crippen molar-refractivity contribution in [3.63, 3.8) is 0 Å². The van der Waals surface area contributed by atoms with Gasteiger partial charge in [0.2, 0.25) is 0 Å². The van der Waals surface area contributed by atoms with Crippen molar-refractivity contribution in [2.24, 2.45) is 10.9 Å². The molecule has 21 heavy (non-hydrogen) atoms. The summed E-state index contributed by atoms with van der Waals surface area (Å²) in [5.74, 6) is 1.49. The molecule has 0 aromatic carbocycles. The molecule has 2 aliphatic heterocycles. The number of nitrogens with one attached hydrogen (secondary N) is 2. The minimum Gasteiger partial charge on any atom is -0.357 e. The second kappa shape index (κ2) is 5.60. The molecule has 0 saturated carbocycles. The molecule has 2 atom stereocenters. The monoisotopic (exact) mass is 284 g/mol. The molecule has 1 aromatic rings. The Labute approximate surface area is 124 Å². The Bertz CT molecular complexity index is 622. The van der Waals surface area contributed by atoms with Gasteiger partial charge in [-0.3, -0.25) is 4.79 Å². The Kier molecular flexibility index (Phi) is 3.64. The average molecular weight is 284 g/mol. The number of aromatic amines is 1. The van der Waals surface area contributed by atoms with Crippen LogP contribution >= 0.6 is 0 Å². The van der Waals surface area contributed by atoms with Crippen molar-refractivity contribution in [2.75, 3.05) is 13.1 Å². The smallest absolute Gasteiger partial charge is 0.270 e. The van der Waals surface area contributed by atoms with Crippen LogP contribution in [0.2, 0.25) is 0 Å². The highest BCUT2D eigenvalue weighted by Crippen LogP contribution is 2.33. The van der Waals surface area contributed by atoms with Gasteiger partial charge >= 0.3 is 0 Å². The van der Waals surface area contributed by atoms with Gasteiger partial charge in [0, 0.05) is 37.3 Å². The number of nitrogens with zero attached hydrogens (tertiary/aromatic N) is 2. The minimum absolute atomic E-state index is 0.0556. The normalized spacial score (nSPS) is 22.7. The van der Waals surface area contributed by atoms with Gasteiger partial charge < -0.3 is 15.2 Å². The van der Waals surface area contributed by atoms with Crippen LogP contribution in [0.1, 0.15) is 35.8 Å². The van der Waals surface area contributed by atoms with E-state index < -0.39 is 0 Å². The van der Waals surface area contributed by atoms with Crippen molar-refractivity contribution in [1.82, 2.24) is 15.2 Å². The highest BCUT2D eigenvalue weighted by molar-refractivity contribution is 5.93. The SMILES string of the molecule is CCN(CC)C(=O)c1cc(C2C=CN=C3NC=CC32)c[nH]1. The maximum absolute atomic E-state index is 12.4. The fraction of sp³-hybridized carbons (Fsp3) is 0.375. The zero-order valence-electron chi connectivity index (χ0n) is 12.3. The van der Waals surface area contributed by atoms with Gasteiger partial charge in [-0.1, -0.05) is 12.2 Å². The summed E-state index contributed by atoms with van der Waals surface area (Å²) in [7, 11) is 0. The Morgan fingerprint density at radius 3 is 2.86 bits per heavy atom. The zero-order chi connectivity index (χ0) is 14.8. The lowest BCUT2D eigenvalue weighted by molar-refractivity contribution is 0.0768. The van der Waals surface area contributed by atoms with Gasteiger partial charge in [-0.15, -0.1) is 0 Å². The number of hydrogen-bond acceptors (Lipinski definition) is 3. The van der Waals surface area contributed by atoms with E-state index >= 15 is 0 Å². The number of amides is 1.